The monoisotopic (exact) mass is 416 g/mol. The summed E-state index contributed by atoms with van der Waals surface area (Å²) in [4.78, 5) is 29.2. The van der Waals surface area contributed by atoms with E-state index in [2.05, 4.69) is 28.3 Å². The molecule has 30 heavy (non-hydrogen) atoms. The van der Waals surface area contributed by atoms with Crippen molar-refractivity contribution >= 4 is 34.0 Å². The minimum absolute atomic E-state index is 0.135. The molecule has 0 saturated carbocycles. The van der Waals surface area contributed by atoms with Crippen molar-refractivity contribution in [3.05, 3.63) is 77.3 Å². The van der Waals surface area contributed by atoms with Gasteiger partial charge in [0, 0.05) is 11.1 Å². The number of hydrogen-bond donors (Lipinski definition) is 2. The van der Waals surface area contributed by atoms with E-state index >= 15 is 0 Å². The number of amides is 2. The lowest BCUT2D eigenvalue weighted by Gasteiger charge is -2.09. The molecule has 1 aromatic heterocycles. The van der Waals surface area contributed by atoms with Crippen LogP contribution >= 0.6 is 11.3 Å². The van der Waals surface area contributed by atoms with Gasteiger partial charge in [-0.05, 0) is 41.3 Å². The van der Waals surface area contributed by atoms with Crippen molar-refractivity contribution in [3.63, 3.8) is 0 Å². The number of carbonyl (C=O) groups excluding carboxylic acids is 2. The molecule has 0 spiro atoms. The van der Waals surface area contributed by atoms with Crippen LogP contribution in [0.2, 0.25) is 0 Å². The quantitative estimate of drug-likeness (QED) is 0.553. The first-order valence-corrected chi connectivity index (χ1v) is 10.2. The maximum atomic E-state index is 12.4. The van der Waals surface area contributed by atoms with Crippen molar-refractivity contribution in [3.8, 4) is 17.2 Å². The van der Waals surface area contributed by atoms with Gasteiger partial charge >= 0.3 is 0 Å². The molecule has 0 unspecified atom stereocenters. The SMILES string of the molecule is C=CC(=O)Nc1ccc(-c2cccc(CC(=O)Nc3ncc(CC)s3)c2)cc1C#N. The van der Waals surface area contributed by atoms with Gasteiger partial charge in [0.2, 0.25) is 11.8 Å². The number of rotatable bonds is 7. The van der Waals surface area contributed by atoms with Crippen LogP contribution in [0.25, 0.3) is 11.1 Å². The summed E-state index contributed by atoms with van der Waals surface area (Å²) in [6.45, 7) is 5.46. The Kier molecular flexibility index (Phi) is 6.73. The summed E-state index contributed by atoms with van der Waals surface area (Å²) in [6, 6.07) is 14.9. The van der Waals surface area contributed by atoms with E-state index < -0.39 is 0 Å². The number of aryl methyl sites for hydroxylation is 1. The third kappa shape index (κ3) is 5.19. The molecule has 1 heterocycles. The second-order valence-electron chi connectivity index (χ2n) is 6.48. The number of anilines is 2. The Morgan fingerprint density at radius 2 is 2.00 bits per heavy atom. The molecule has 150 valence electrons. The highest BCUT2D eigenvalue weighted by atomic mass is 32.1. The first-order chi connectivity index (χ1) is 14.5. The molecule has 0 atom stereocenters. The van der Waals surface area contributed by atoms with Crippen molar-refractivity contribution in [2.24, 2.45) is 0 Å². The van der Waals surface area contributed by atoms with E-state index in [1.165, 1.54) is 11.3 Å². The maximum Gasteiger partial charge on any atom is 0.247 e. The number of nitrogens with one attached hydrogen (secondary N) is 2. The molecule has 3 aromatic rings. The average Bonchev–Trinajstić information content (AvgIpc) is 3.21. The number of aromatic nitrogens is 1. The van der Waals surface area contributed by atoms with E-state index in [4.69, 9.17) is 0 Å². The Bertz CT molecular complexity index is 1140. The lowest BCUT2D eigenvalue weighted by Crippen LogP contribution is -2.14. The number of hydrogen-bond acceptors (Lipinski definition) is 5. The fourth-order valence-electron chi connectivity index (χ4n) is 2.85. The highest BCUT2D eigenvalue weighted by Crippen LogP contribution is 2.26. The van der Waals surface area contributed by atoms with Crippen molar-refractivity contribution in [2.45, 2.75) is 19.8 Å². The Hall–Kier alpha value is -3.76. The summed E-state index contributed by atoms with van der Waals surface area (Å²) in [5.74, 6) is -0.511. The van der Waals surface area contributed by atoms with Crippen molar-refractivity contribution in [1.29, 1.82) is 5.26 Å². The van der Waals surface area contributed by atoms with E-state index in [0.717, 1.165) is 34.1 Å². The number of nitriles is 1. The standard InChI is InChI=1S/C23H20N4O2S/c1-3-19-14-25-23(30-19)27-22(29)11-15-6-5-7-16(10-15)17-8-9-20(18(12-17)13-24)26-21(28)4-2/h4-10,12,14H,2-3,11H2,1H3,(H,26,28)(H,25,27,29). The van der Waals surface area contributed by atoms with E-state index in [1.807, 2.05) is 37.3 Å². The molecule has 7 heteroatoms. The molecule has 0 aliphatic heterocycles. The van der Waals surface area contributed by atoms with Crippen LogP contribution in [0.4, 0.5) is 10.8 Å². The summed E-state index contributed by atoms with van der Waals surface area (Å²) >= 11 is 1.47. The molecule has 6 nitrogen and oxygen atoms in total. The van der Waals surface area contributed by atoms with Crippen LogP contribution in [-0.2, 0) is 22.4 Å². The molecular weight excluding hydrogens is 396 g/mol. The number of benzene rings is 2. The molecule has 3 rings (SSSR count). The Labute approximate surface area is 178 Å². The van der Waals surface area contributed by atoms with Gasteiger partial charge in [-0.3, -0.25) is 9.59 Å². The Balaban J connectivity index is 1.76. The predicted molar refractivity (Wildman–Crippen MR) is 119 cm³/mol. The van der Waals surface area contributed by atoms with E-state index in [0.29, 0.717) is 16.4 Å². The Morgan fingerprint density at radius 1 is 1.20 bits per heavy atom. The van der Waals surface area contributed by atoms with Gasteiger partial charge in [-0.15, -0.1) is 11.3 Å². The lowest BCUT2D eigenvalue weighted by molar-refractivity contribution is -0.115. The van der Waals surface area contributed by atoms with Gasteiger partial charge in [0.15, 0.2) is 5.13 Å². The number of thiazole rings is 1. The fourth-order valence-corrected chi connectivity index (χ4v) is 3.62. The van der Waals surface area contributed by atoms with E-state index in [-0.39, 0.29) is 18.2 Å². The summed E-state index contributed by atoms with van der Waals surface area (Å²) in [7, 11) is 0. The molecule has 2 amide bonds. The van der Waals surface area contributed by atoms with Gasteiger partial charge in [-0.2, -0.15) is 5.26 Å². The first kappa shape index (κ1) is 21.0. The van der Waals surface area contributed by atoms with Gasteiger partial charge in [-0.25, -0.2) is 4.98 Å². The normalized spacial score (nSPS) is 10.1. The van der Waals surface area contributed by atoms with Gasteiger partial charge in [0.1, 0.15) is 6.07 Å². The van der Waals surface area contributed by atoms with Crippen LogP contribution in [0.15, 0.2) is 61.3 Å². The van der Waals surface area contributed by atoms with Gasteiger partial charge in [0.25, 0.3) is 0 Å². The van der Waals surface area contributed by atoms with Crippen molar-refractivity contribution in [2.75, 3.05) is 10.6 Å². The zero-order valence-electron chi connectivity index (χ0n) is 16.4. The van der Waals surface area contributed by atoms with Crippen LogP contribution in [0, 0.1) is 11.3 Å². The molecule has 0 saturated heterocycles. The van der Waals surface area contributed by atoms with Crippen LogP contribution in [0.5, 0.6) is 0 Å². The van der Waals surface area contributed by atoms with Crippen LogP contribution in [0.1, 0.15) is 22.9 Å². The smallest absolute Gasteiger partial charge is 0.247 e. The largest absolute Gasteiger partial charge is 0.321 e. The zero-order chi connectivity index (χ0) is 21.5. The molecule has 2 N–H and O–H groups in total. The topological polar surface area (TPSA) is 94.9 Å². The maximum absolute atomic E-state index is 12.4. The van der Waals surface area contributed by atoms with Gasteiger partial charge < -0.3 is 10.6 Å². The predicted octanol–water partition coefficient (Wildman–Crippen LogP) is 4.55. The van der Waals surface area contributed by atoms with Gasteiger partial charge in [0.05, 0.1) is 17.7 Å². The minimum atomic E-state index is -0.376. The summed E-state index contributed by atoms with van der Waals surface area (Å²) in [6.07, 6.45) is 4.02. The molecular formula is C23H20N4O2S. The molecule has 2 aromatic carbocycles. The zero-order valence-corrected chi connectivity index (χ0v) is 17.3. The molecule has 0 fully saturated rings. The van der Waals surface area contributed by atoms with Crippen molar-refractivity contribution < 1.29 is 9.59 Å². The highest BCUT2D eigenvalue weighted by Gasteiger charge is 2.10. The Morgan fingerprint density at radius 3 is 2.70 bits per heavy atom. The third-order valence-corrected chi connectivity index (χ3v) is 5.41. The third-order valence-electron chi connectivity index (χ3n) is 4.36. The summed E-state index contributed by atoms with van der Waals surface area (Å²) in [5, 5.41) is 15.5. The lowest BCUT2D eigenvalue weighted by atomic mass is 9.99. The van der Waals surface area contributed by atoms with E-state index in [9.17, 15) is 14.9 Å². The molecule has 0 aliphatic carbocycles. The highest BCUT2D eigenvalue weighted by molar-refractivity contribution is 7.15. The molecule has 0 aliphatic rings. The van der Waals surface area contributed by atoms with Crippen LogP contribution in [0.3, 0.4) is 0 Å². The van der Waals surface area contributed by atoms with Gasteiger partial charge in [-0.1, -0.05) is 43.8 Å². The fraction of sp³-hybridized carbons (Fsp3) is 0.130. The molecule has 0 radical (unpaired) electrons. The minimum Gasteiger partial charge on any atom is -0.321 e. The van der Waals surface area contributed by atoms with Crippen LogP contribution < -0.4 is 10.6 Å². The first-order valence-electron chi connectivity index (χ1n) is 9.33. The number of nitrogens with zero attached hydrogens (tertiary/aromatic N) is 2. The second kappa shape index (κ2) is 9.63. The second-order valence-corrected chi connectivity index (χ2v) is 7.59. The van der Waals surface area contributed by atoms with Crippen LogP contribution in [-0.4, -0.2) is 16.8 Å². The molecule has 0 bridgehead atoms. The summed E-state index contributed by atoms with van der Waals surface area (Å²) in [5.41, 5.74) is 3.32. The number of carbonyl (C=O) groups is 2. The van der Waals surface area contributed by atoms with Crippen molar-refractivity contribution in [1.82, 2.24) is 4.98 Å². The summed E-state index contributed by atoms with van der Waals surface area (Å²) < 4.78 is 0. The van der Waals surface area contributed by atoms with E-state index in [1.54, 1.807) is 18.3 Å². The average molecular weight is 417 g/mol.